The van der Waals surface area contributed by atoms with Gasteiger partial charge in [-0.1, -0.05) is 42.5 Å². The van der Waals surface area contributed by atoms with Crippen molar-refractivity contribution in [3.05, 3.63) is 48.0 Å². The van der Waals surface area contributed by atoms with Crippen LogP contribution in [-0.4, -0.2) is 37.0 Å². The van der Waals surface area contributed by atoms with Crippen molar-refractivity contribution in [2.24, 2.45) is 0 Å². The summed E-state index contributed by atoms with van der Waals surface area (Å²) in [6.45, 7) is 1.78. The lowest BCUT2D eigenvalue weighted by Crippen LogP contribution is -2.44. The van der Waals surface area contributed by atoms with Gasteiger partial charge in [0.15, 0.2) is 0 Å². The molecule has 0 aliphatic carbocycles. The van der Waals surface area contributed by atoms with Gasteiger partial charge in [-0.15, -0.1) is 0 Å². The van der Waals surface area contributed by atoms with E-state index in [1.165, 1.54) is 16.3 Å². The molecule has 1 fully saturated rings. The molecule has 1 amide bonds. The van der Waals surface area contributed by atoms with E-state index in [9.17, 15) is 4.79 Å². The molecule has 0 aromatic heterocycles. The zero-order valence-electron chi connectivity index (χ0n) is 13.2. The molecular weight excluding hydrogens is 272 g/mol. The van der Waals surface area contributed by atoms with Gasteiger partial charge < -0.3 is 10.2 Å². The Balaban J connectivity index is 1.56. The lowest BCUT2D eigenvalue weighted by atomic mass is 10.0. The number of fused-ring (bicyclic) bond motifs is 1. The van der Waals surface area contributed by atoms with E-state index in [-0.39, 0.29) is 0 Å². The Morgan fingerprint density at radius 1 is 1.14 bits per heavy atom. The fourth-order valence-electron chi connectivity index (χ4n) is 3.22. The summed E-state index contributed by atoms with van der Waals surface area (Å²) in [5, 5.41) is 5.81. The molecule has 22 heavy (non-hydrogen) atoms. The summed E-state index contributed by atoms with van der Waals surface area (Å²) < 4.78 is 0. The van der Waals surface area contributed by atoms with Crippen molar-refractivity contribution in [2.75, 3.05) is 20.1 Å². The van der Waals surface area contributed by atoms with Gasteiger partial charge in [-0.3, -0.25) is 4.79 Å². The van der Waals surface area contributed by atoms with Crippen molar-refractivity contribution in [3.8, 4) is 0 Å². The normalized spacial score (nSPS) is 16.1. The summed E-state index contributed by atoms with van der Waals surface area (Å²) in [5.41, 5.74) is 1.25. The van der Waals surface area contributed by atoms with Gasteiger partial charge in [-0.05, 0) is 42.6 Å². The first-order chi connectivity index (χ1) is 10.8. The monoisotopic (exact) mass is 296 g/mol. The van der Waals surface area contributed by atoms with Gasteiger partial charge in [0.2, 0.25) is 5.91 Å². The number of carbonyl (C=O) groups is 1. The predicted molar refractivity (Wildman–Crippen MR) is 90.9 cm³/mol. The minimum Gasteiger partial charge on any atom is -0.343 e. The van der Waals surface area contributed by atoms with Crippen LogP contribution in [0.2, 0.25) is 0 Å². The Labute approximate surface area is 132 Å². The molecule has 0 saturated carbocycles. The largest absolute Gasteiger partial charge is 0.343 e. The smallest absolute Gasteiger partial charge is 0.222 e. The van der Waals surface area contributed by atoms with Gasteiger partial charge in [-0.2, -0.15) is 0 Å². The molecule has 1 saturated heterocycles. The van der Waals surface area contributed by atoms with E-state index >= 15 is 0 Å². The number of piperidine rings is 1. The maximum Gasteiger partial charge on any atom is 0.222 e. The fourth-order valence-corrected chi connectivity index (χ4v) is 3.22. The molecule has 2 aromatic carbocycles. The number of benzene rings is 2. The lowest BCUT2D eigenvalue weighted by Gasteiger charge is -2.31. The number of hydrogen-bond donors (Lipinski definition) is 1. The Hall–Kier alpha value is -1.87. The summed E-state index contributed by atoms with van der Waals surface area (Å²) in [4.78, 5) is 14.4. The first kappa shape index (κ1) is 15.0. The standard InChI is InChI=1S/C19H24N2O/c1-20-18-10-12-21(13-11-18)19(22)9-7-15-6-8-16-4-2-3-5-17(16)14-15/h2-6,8,14,18,20H,7,9-13H2,1H3. The SMILES string of the molecule is CNC1CCN(C(=O)CCc2ccc3ccccc3c2)CC1. The highest BCUT2D eigenvalue weighted by molar-refractivity contribution is 5.83. The van der Waals surface area contributed by atoms with E-state index in [4.69, 9.17) is 0 Å². The van der Waals surface area contributed by atoms with Gasteiger partial charge in [0.25, 0.3) is 0 Å². The van der Waals surface area contributed by atoms with Crippen molar-refractivity contribution in [1.29, 1.82) is 0 Å². The molecule has 3 rings (SSSR count). The number of rotatable bonds is 4. The van der Waals surface area contributed by atoms with Gasteiger partial charge in [0, 0.05) is 25.6 Å². The predicted octanol–water partition coefficient (Wildman–Crippen LogP) is 2.98. The highest BCUT2D eigenvalue weighted by atomic mass is 16.2. The Bertz CT molecular complexity index is 645. The molecule has 1 heterocycles. The van der Waals surface area contributed by atoms with Crippen LogP contribution in [0, 0.1) is 0 Å². The van der Waals surface area contributed by atoms with E-state index in [1.54, 1.807) is 0 Å². The molecule has 1 aliphatic rings. The van der Waals surface area contributed by atoms with Crippen LogP contribution in [0.4, 0.5) is 0 Å². The first-order valence-electron chi connectivity index (χ1n) is 8.19. The maximum absolute atomic E-state index is 12.3. The Morgan fingerprint density at radius 2 is 1.86 bits per heavy atom. The maximum atomic E-state index is 12.3. The highest BCUT2D eigenvalue weighted by Crippen LogP contribution is 2.17. The van der Waals surface area contributed by atoms with Gasteiger partial charge in [-0.25, -0.2) is 0 Å². The van der Waals surface area contributed by atoms with Crippen molar-refractivity contribution in [1.82, 2.24) is 10.2 Å². The Morgan fingerprint density at radius 3 is 2.59 bits per heavy atom. The van der Waals surface area contributed by atoms with E-state index in [0.717, 1.165) is 32.4 Å². The van der Waals surface area contributed by atoms with Crippen molar-refractivity contribution in [3.63, 3.8) is 0 Å². The molecule has 0 unspecified atom stereocenters. The number of hydrogen-bond acceptors (Lipinski definition) is 2. The van der Waals surface area contributed by atoms with E-state index in [2.05, 4.69) is 47.8 Å². The topological polar surface area (TPSA) is 32.3 Å². The Kier molecular flexibility index (Phi) is 4.74. The van der Waals surface area contributed by atoms with Gasteiger partial charge in [0.1, 0.15) is 0 Å². The molecule has 2 aromatic rings. The van der Waals surface area contributed by atoms with Crippen LogP contribution in [0.15, 0.2) is 42.5 Å². The second kappa shape index (κ2) is 6.93. The second-order valence-corrected chi connectivity index (χ2v) is 6.13. The average Bonchev–Trinajstić information content (AvgIpc) is 2.59. The molecule has 0 bridgehead atoms. The molecule has 1 aliphatic heterocycles. The average molecular weight is 296 g/mol. The van der Waals surface area contributed by atoms with E-state index in [0.29, 0.717) is 18.4 Å². The van der Waals surface area contributed by atoms with Crippen LogP contribution in [0.1, 0.15) is 24.8 Å². The summed E-state index contributed by atoms with van der Waals surface area (Å²) >= 11 is 0. The molecule has 1 N–H and O–H groups in total. The van der Waals surface area contributed by atoms with Gasteiger partial charge in [0.05, 0.1) is 0 Å². The van der Waals surface area contributed by atoms with Crippen LogP contribution in [0.3, 0.4) is 0 Å². The molecule has 116 valence electrons. The van der Waals surface area contributed by atoms with Crippen molar-refractivity contribution < 1.29 is 4.79 Å². The minimum absolute atomic E-state index is 0.294. The van der Waals surface area contributed by atoms with Crippen LogP contribution in [0.5, 0.6) is 0 Å². The molecule has 3 heteroatoms. The number of nitrogens with zero attached hydrogens (tertiary/aromatic N) is 1. The second-order valence-electron chi connectivity index (χ2n) is 6.13. The van der Waals surface area contributed by atoms with Crippen LogP contribution in [0.25, 0.3) is 10.8 Å². The molecule has 3 nitrogen and oxygen atoms in total. The summed E-state index contributed by atoms with van der Waals surface area (Å²) in [6, 6.07) is 15.4. The van der Waals surface area contributed by atoms with Crippen LogP contribution < -0.4 is 5.32 Å². The number of amides is 1. The number of likely N-dealkylation sites (tertiary alicyclic amines) is 1. The molecule has 0 radical (unpaired) electrons. The minimum atomic E-state index is 0.294. The zero-order valence-corrected chi connectivity index (χ0v) is 13.2. The zero-order chi connectivity index (χ0) is 15.4. The van der Waals surface area contributed by atoms with Crippen LogP contribution in [-0.2, 0) is 11.2 Å². The number of carbonyl (C=O) groups excluding carboxylic acids is 1. The van der Waals surface area contributed by atoms with Crippen LogP contribution >= 0.6 is 0 Å². The summed E-state index contributed by atoms with van der Waals surface area (Å²) in [7, 11) is 2.00. The quantitative estimate of drug-likeness (QED) is 0.940. The third-order valence-corrected chi connectivity index (χ3v) is 4.70. The van der Waals surface area contributed by atoms with Crippen molar-refractivity contribution in [2.45, 2.75) is 31.7 Å². The molecule has 0 spiro atoms. The number of aryl methyl sites for hydroxylation is 1. The molecule has 0 atom stereocenters. The lowest BCUT2D eigenvalue weighted by molar-refractivity contribution is -0.132. The van der Waals surface area contributed by atoms with E-state index < -0.39 is 0 Å². The highest BCUT2D eigenvalue weighted by Gasteiger charge is 2.21. The van der Waals surface area contributed by atoms with Gasteiger partial charge >= 0.3 is 0 Å². The first-order valence-corrected chi connectivity index (χ1v) is 8.19. The summed E-state index contributed by atoms with van der Waals surface area (Å²) in [5.74, 6) is 0.294. The third-order valence-electron chi connectivity index (χ3n) is 4.70. The number of nitrogens with one attached hydrogen (secondary N) is 1. The van der Waals surface area contributed by atoms with Crippen molar-refractivity contribution >= 4 is 16.7 Å². The molecular formula is C19H24N2O. The fraction of sp³-hybridized carbons (Fsp3) is 0.421. The summed E-state index contributed by atoms with van der Waals surface area (Å²) in [6.07, 6.45) is 3.58. The third kappa shape index (κ3) is 3.47. The van der Waals surface area contributed by atoms with E-state index in [1.807, 2.05) is 11.9 Å².